The molecule has 0 amide bonds. The molecular formula is C10H8ClFN2. The zero-order valence-electron chi connectivity index (χ0n) is 7.30. The number of rotatable bonds is 2. The van der Waals surface area contributed by atoms with Gasteiger partial charge in [-0.05, 0) is 18.2 Å². The van der Waals surface area contributed by atoms with Crippen molar-refractivity contribution < 1.29 is 4.39 Å². The Labute approximate surface area is 85.7 Å². The molecule has 72 valence electrons. The summed E-state index contributed by atoms with van der Waals surface area (Å²) in [4.78, 5) is 0. The molecule has 0 atom stereocenters. The van der Waals surface area contributed by atoms with Crippen molar-refractivity contribution >= 4 is 11.6 Å². The molecule has 0 unspecified atom stereocenters. The Bertz CT molecular complexity index is 439. The van der Waals surface area contributed by atoms with Gasteiger partial charge in [-0.25, -0.2) is 4.39 Å². The van der Waals surface area contributed by atoms with Gasteiger partial charge in [-0.1, -0.05) is 12.1 Å². The minimum absolute atomic E-state index is 0.266. The number of nitrogens with zero attached hydrogens (tertiary/aromatic N) is 1. The molecule has 0 saturated heterocycles. The predicted octanol–water partition coefficient (Wildman–Crippen LogP) is 2.95. The number of benzene rings is 1. The molecule has 0 saturated carbocycles. The summed E-state index contributed by atoms with van der Waals surface area (Å²) in [6, 6.07) is 8.10. The average molecular weight is 211 g/mol. The van der Waals surface area contributed by atoms with Crippen molar-refractivity contribution in [2.75, 3.05) is 0 Å². The van der Waals surface area contributed by atoms with Crippen LogP contribution in [0.15, 0.2) is 30.3 Å². The van der Waals surface area contributed by atoms with E-state index in [9.17, 15) is 4.39 Å². The summed E-state index contributed by atoms with van der Waals surface area (Å²) < 4.78 is 12.9. The predicted molar refractivity (Wildman–Crippen MR) is 53.5 cm³/mol. The Kier molecular flexibility index (Phi) is 2.50. The highest BCUT2D eigenvalue weighted by molar-refractivity contribution is 6.16. The highest BCUT2D eigenvalue weighted by atomic mass is 35.5. The van der Waals surface area contributed by atoms with Gasteiger partial charge in [-0.3, -0.25) is 5.10 Å². The summed E-state index contributed by atoms with van der Waals surface area (Å²) >= 11 is 5.61. The lowest BCUT2D eigenvalue weighted by Gasteiger charge is -1.94. The number of hydrogen-bond acceptors (Lipinski definition) is 1. The fourth-order valence-corrected chi connectivity index (χ4v) is 1.36. The Morgan fingerprint density at radius 2 is 2.21 bits per heavy atom. The van der Waals surface area contributed by atoms with Gasteiger partial charge >= 0.3 is 0 Å². The van der Waals surface area contributed by atoms with Crippen molar-refractivity contribution in [2.24, 2.45) is 0 Å². The van der Waals surface area contributed by atoms with E-state index in [1.165, 1.54) is 12.1 Å². The first-order valence-electron chi connectivity index (χ1n) is 4.16. The van der Waals surface area contributed by atoms with Gasteiger partial charge in [0.05, 0.1) is 17.3 Å². The molecule has 1 heterocycles. The van der Waals surface area contributed by atoms with Crippen LogP contribution in [-0.2, 0) is 5.88 Å². The average Bonchev–Trinajstić information content (AvgIpc) is 2.66. The largest absolute Gasteiger partial charge is 0.281 e. The van der Waals surface area contributed by atoms with E-state index >= 15 is 0 Å². The van der Waals surface area contributed by atoms with Crippen LogP contribution >= 0.6 is 11.6 Å². The van der Waals surface area contributed by atoms with Crippen LogP contribution in [0.4, 0.5) is 4.39 Å². The van der Waals surface area contributed by atoms with E-state index in [0.29, 0.717) is 11.6 Å². The van der Waals surface area contributed by atoms with Gasteiger partial charge in [0.15, 0.2) is 0 Å². The lowest BCUT2D eigenvalue weighted by atomic mass is 10.1. The van der Waals surface area contributed by atoms with Gasteiger partial charge in [0.25, 0.3) is 0 Å². The fraction of sp³-hybridized carbons (Fsp3) is 0.100. The van der Waals surface area contributed by atoms with Crippen molar-refractivity contribution in [2.45, 2.75) is 5.88 Å². The summed E-state index contributed by atoms with van der Waals surface area (Å²) in [7, 11) is 0. The van der Waals surface area contributed by atoms with E-state index in [0.717, 1.165) is 11.3 Å². The SMILES string of the molecule is Fc1cccc(-c2cc(CCl)[nH]n2)c1. The van der Waals surface area contributed by atoms with Crippen molar-refractivity contribution in [3.8, 4) is 11.3 Å². The third-order valence-electron chi connectivity index (χ3n) is 1.90. The molecule has 4 heteroatoms. The van der Waals surface area contributed by atoms with E-state index in [4.69, 9.17) is 11.6 Å². The highest BCUT2D eigenvalue weighted by Gasteiger charge is 2.03. The molecule has 0 bridgehead atoms. The van der Waals surface area contributed by atoms with E-state index in [1.54, 1.807) is 12.1 Å². The molecule has 0 aliphatic carbocycles. The topological polar surface area (TPSA) is 28.7 Å². The number of aromatic nitrogens is 2. The van der Waals surface area contributed by atoms with E-state index in [2.05, 4.69) is 10.2 Å². The van der Waals surface area contributed by atoms with Gasteiger partial charge < -0.3 is 0 Å². The molecule has 0 spiro atoms. The molecule has 0 radical (unpaired) electrons. The van der Waals surface area contributed by atoms with E-state index < -0.39 is 0 Å². The van der Waals surface area contributed by atoms with Crippen LogP contribution in [0.3, 0.4) is 0 Å². The first-order chi connectivity index (χ1) is 6.79. The number of nitrogens with one attached hydrogen (secondary N) is 1. The first kappa shape index (κ1) is 9.21. The van der Waals surface area contributed by atoms with Crippen LogP contribution in [0, 0.1) is 5.82 Å². The van der Waals surface area contributed by atoms with Gasteiger partial charge in [0.2, 0.25) is 0 Å². The minimum atomic E-state index is -0.266. The normalized spacial score (nSPS) is 10.4. The fourth-order valence-electron chi connectivity index (χ4n) is 1.23. The molecular weight excluding hydrogens is 203 g/mol. The van der Waals surface area contributed by atoms with Crippen molar-refractivity contribution in [3.05, 3.63) is 41.8 Å². The molecule has 0 aliphatic rings. The summed E-state index contributed by atoms with van der Waals surface area (Å²) in [5.41, 5.74) is 2.28. The Hall–Kier alpha value is -1.35. The molecule has 14 heavy (non-hydrogen) atoms. The number of halogens is 2. The zero-order valence-corrected chi connectivity index (χ0v) is 8.05. The second-order valence-corrected chi connectivity index (χ2v) is 3.19. The Morgan fingerprint density at radius 1 is 1.36 bits per heavy atom. The maximum Gasteiger partial charge on any atom is 0.123 e. The van der Waals surface area contributed by atoms with E-state index in [1.807, 2.05) is 6.07 Å². The summed E-state index contributed by atoms with van der Waals surface area (Å²) in [6.45, 7) is 0. The molecule has 1 N–H and O–H groups in total. The molecule has 2 aromatic rings. The number of H-pyrrole nitrogens is 1. The van der Waals surface area contributed by atoms with Crippen LogP contribution in [0.25, 0.3) is 11.3 Å². The van der Waals surface area contributed by atoms with E-state index in [-0.39, 0.29) is 5.82 Å². The lowest BCUT2D eigenvalue weighted by molar-refractivity contribution is 0.628. The number of alkyl halides is 1. The third-order valence-corrected chi connectivity index (χ3v) is 2.18. The van der Waals surface area contributed by atoms with Gasteiger partial charge in [-0.15, -0.1) is 11.6 Å². The molecule has 1 aromatic carbocycles. The lowest BCUT2D eigenvalue weighted by Crippen LogP contribution is -1.79. The second-order valence-electron chi connectivity index (χ2n) is 2.92. The highest BCUT2D eigenvalue weighted by Crippen LogP contribution is 2.18. The molecule has 0 fully saturated rings. The minimum Gasteiger partial charge on any atom is -0.281 e. The maximum absolute atomic E-state index is 12.9. The zero-order chi connectivity index (χ0) is 9.97. The monoisotopic (exact) mass is 210 g/mol. The Morgan fingerprint density at radius 3 is 2.86 bits per heavy atom. The smallest absolute Gasteiger partial charge is 0.123 e. The quantitative estimate of drug-likeness (QED) is 0.759. The second kappa shape index (κ2) is 3.80. The van der Waals surface area contributed by atoms with Gasteiger partial charge in [0.1, 0.15) is 5.82 Å². The van der Waals surface area contributed by atoms with Crippen molar-refractivity contribution in [3.63, 3.8) is 0 Å². The summed E-state index contributed by atoms with van der Waals surface area (Å²) in [5.74, 6) is 0.111. The van der Waals surface area contributed by atoms with Crippen LogP contribution in [0.5, 0.6) is 0 Å². The van der Waals surface area contributed by atoms with Crippen LogP contribution in [-0.4, -0.2) is 10.2 Å². The molecule has 0 aliphatic heterocycles. The molecule has 1 aromatic heterocycles. The first-order valence-corrected chi connectivity index (χ1v) is 4.69. The van der Waals surface area contributed by atoms with Crippen LogP contribution < -0.4 is 0 Å². The molecule has 2 rings (SSSR count). The molecule has 2 nitrogen and oxygen atoms in total. The van der Waals surface area contributed by atoms with Crippen LogP contribution in [0.1, 0.15) is 5.69 Å². The third kappa shape index (κ3) is 1.77. The Balaban J connectivity index is 2.39. The van der Waals surface area contributed by atoms with Gasteiger partial charge in [0, 0.05) is 5.56 Å². The van der Waals surface area contributed by atoms with Crippen molar-refractivity contribution in [1.29, 1.82) is 0 Å². The van der Waals surface area contributed by atoms with Gasteiger partial charge in [-0.2, -0.15) is 5.10 Å². The van der Waals surface area contributed by atoms with Crippen LogP contribution in [0.2, 0.25) is 0 Å². The summed E-state index contributed by atoms with van der Waals surface area (Å²) in [6.07, 6.45) is 0. The maximum atomic E-state index is 12.9. The van der Waals surface area contributed by atoms with Crippen molar-refractivity contribution in [1.82, 2.24) is 10.2 Å². The standard InChI is InChI=1S/C10H8ClFN2/c11-6-9-5-10(14-13-9)7-2-1-3-8(12)4-7/h1-5H,6H2,(H,13,14). The summed E-state index contributed by atoms with van der Waals surface area (Å²) in [5, 5.41) is 6.79. The number of aromatic amines is 1. The number of hydrogen-bond donors (Lipinski definition) is 1.